The second kappa shape index (κ2) is 4.22. The minimum Gasteiger partial charge on any atom is -0.396 e. The molecule has 0 aromatic carbocycles. The first-order valence-corrected chi connectivity index (χ1v) is 4.84. The standard InChI is InChI=1S/C9H13N5O/c10-7-4-12-5-13-8(7)9(15)14-6-1-2-11-3-6/h4-6,11H,1-3,10H2,(H,14,15). The molecule has 0 bridgehead atoms. The molecule has 0 saturated carbocycles. The second-order valence-electron chi connectivity index (χ2n) is 3.49. The highest BCUT2D eigenvalue weighted by Crippen LogP contribution is 2.06. The number of carbonyl (C=O) groups excluding carboxylic acids is 1. The summed E-state index contributed by atoms with van der Waals surface area (Å²) in [6.45, 7) is 1.74. The fraction of sp³-hybridized carbons (Fsp3) is 0.444. The molecule has 6 heteroatoms. The summed E-state index contributed by atoms with van der Waals surface area (Å²) in [6, 6.07) is 0.173. The van der Waals surface area contributed by atoms with Crippen LogP contribution in [0.1, 0.15) is 16.9 Å². The molecule has 1 aromatic rings. The van der Waals surface area contributed by atoms with Crippen LogP contribution in [-0.4, -0.2) is 35.0 Å². The van der Waals surface area contributed by atoms with E-state index in [4.69, 9.17) is 5.73 Å². The number of nitrogens with zero attached hydrogens (tertiary/aromatic N) is 2. The first-order valence-electron chi connectivity index (χ1n) is 4.84. The van der Waals surface area contributed by atoms with Crippen LogP contribution in [0.15, 0.2) is 12.5 Å². The maximum absolute atomic E-state index is 11.7. The van der Waals surface area contributed by atoms with Crippen LogP contribution < -0.4 is 16.4 Å². The molecule has 0 radical (unpaired) electrons. The zero-order chi connectivity index (χ0) is 10.7. The molecule has 2 rings (SSSR count). The lowest BCUT2D eigenvalue weighted by Crippen LogP contribution is -2.37. The molecule has 15 heavy (non-hydrogen) atoms. The Bertz CT molecular complexity index is 361. The largest absolute Gasteiger partial charge is 0.396 e. The summed E-state index contributed by atoms with van der Waals surface area (Å²) >= 11 is 0. The molecular weight excluding hydrogens is 194 g/mol. The van der Waals surface area contributed by atoms with Crippen LogP contribution in [0.2, 0.25) is 0 Å². The van der Waals surface area contributed by atoms with Gasteiger partial charge in [0.1, 0.15) is 6.33 Å². The van der Waals surface area contributed by atoms with E-state index in [-0.39, 0.29) is 17.6 Å². The number of carbonyl (C=O) groups is 1. The van der Waals surface area contributed by atoms with E-state index in [9.17, 15) is 4.79 Å². The molecule has 0 aliphatic carbocycles. The SMILES string of the molecule is Nc1cncnc1C(=O)NC1CCNC1. The van der Waals surface area contributed by atoms with Gasteiger partial charge in [-0.3, -0.25) is 4.79 Å². The van der Waals surface area contributed by atoms with Gasteiger partial charge in [0.2, 0.25) is 0 Å². The number of amides is 1. The zero-order valence-corrected chi connectivity index (χ0v) is 8.23. The summed E-state index contributed by atoms with van der Waals surface area (Å²) in [5.41, 5.74) is 6.15. The Labute approximate surface area is 87.3 Å². The highest BCUT2D eigenvalue weighted by molar-refractivity contribution is 5.97. The molecule has 0 spiro atoms. The zero-order valence-electron chi connectivity index (χ0n) is 8.23. The van der Waals surface area contributed by atoms with E-state index in [0.717, 1.165) is 19.5 Å². The summed E-state index contributed by atoms with van der Waals surface area (Å²) in [5, 5.41) is 6.03. The van der Waals surface area contributed by atoms with E-state index in [1.807, 2.05) is 0 Å². The lowest BCUT2D eigenvalue weighted by Gasteiger charge is -2.11. The Balaban J connectivity index is 2.04. The lowest BCUT2D eigenvalue weighted by atomic mass is 10.2. The van der Waals surface area contributed by atoms with Crippen LogP contribution in [0.25, 0.3) is 0 Å². The predicted octanol–water partition coefficient (Wildman–Crippen LogP) is -0.849. The van der Waals surface area contributed by atoms with Crippen molar-refractivity contribution < 1.29 is 4.79 Å². The van der Waals surface area contributed by atoms with E-state index in [0.29, 0.717) is 5.69 Å². The molecule has 4 N–H and O–H groups in total. The summed E-state index contributed by atoms with van der Waals surface area (Å²) in [7, 11) is 0. The van der Waals surface area contributed by atoms with Crippen molar-refractivity contribution in [2.24, 2.45) is 0 Å². The number of aromatic nitrogens is 2. The average Bonchev–Trinajstić information content (AvgIpc) is 2.71. The number of nitrogens with one attached hydrogen (secondary N) is 2. The van der Waals surface area contributed by atoms with Crippen molar-refractivity contribution in [3.63, 3.8) is 0 Å². The minimum atomic E-state index is -0.233. The normalized spacial score (nSPS) is 20.1. The fourth-order valence-corrected chi connectivity index (χ4v) is 1.56. The fourth-order valence-electron chi connectivity index (χ4n) is 1.56. The van der Waals surface area contributed by atoms with Crippen LogP contribution in [-0.2, 0) is 0 Å². The van der Waals surface area contributed by atoms with Gasteiger partial charge in [-0.25, -0.2) is 9.97 Å². The second-order valence-corrected chi connectivity index (χ2v) is 3.49. The molecule has 2 heterocycles. The Morgan fingerprint density at radius 3 is 3.20 bits per heavy atom. The van der Waals surface area contributed by atoms with Crippen molar-refractivity contribution >= 4 is 11.6 Å². The molecule has 80 valence electrons. The van der Waals surface area contributed by atoms with E-state index in [2.05, 4.69) is 20.6 Å². The molecule has 6 nitrogen and oxygen atoms in total. The highest BCUT2D eigenvalue weighted by Gasteiger charge is 2.19. The highest BCUT2D eigenvalue weighted by atomic mass is 16.2. The van der Waals surface area contributed by atoms with Gasteiger partial charge in [0.05, 0.1) is 11.9 Å². The van der Waals surface area contributed by atoms with Crippen molar-refractivity contribution in [2.45, 2.75) is 12.5 Å². The maximum Gasteiger partial charge on any atom is 0.272 e. The monoisotopic (exact) mass is 207 g/mol. The molecule has 1 aliphatic rings. The number of anilines is 1. The van der Waals surface area contributed by atoms with Gasteiger partial charge in [-0.1, -0.05) is 0 Å². The summed E-state index contributed by atoms with van der Waals surface area (Å²) in [4.78, 5) is 19.3. The minimum absolute atomic E-state index is 0.173. The van der Waals surface area contributed by atoms with Crippen LogP contribution in [0.5, 0.6) is 0 Å². The summed E-state index contributed by atoms with van der Waals surface area (Å²) in [5.74, 6) is -0.233. The van der Waals surface area contributed by atoms with E-state index in [1.165, 1.54) is 12.5 Å². The Kier molecular flexibility index (Phi) is 2.77. The number of hydrogen-bond donors (Lipinski definition) is 3. The van der Waals surface area contributed by atoms with Gasteiger partial charge < -0.3 is 16.4 Å². The third-order valence-corrected chi connectivity index (χ3v) is 2.35. The van der Waals surface area contributed by atoms with Crippen LogP contribution in [0.4, 0.5) is 5.69 Å². The molecule has 1 aromatic heterocycles. The molecular formula is C9H13N5O. The van der Waals surface area contributed by atoms with E-state index in [1.54, 1.807) is 0 Å². The van der Waals surface area contributed by atoms with Gasteiger partial charge in [0.25, 0.3) is 5.91 Å². The predicted molar refractivity (Wildman–Crippen MR) is 55.2 cm³/mol. The van der Waals surface area contributed by atoms with Gasteiger partial charge in [0.15, 0.2) is 5.69 Å². The molecule has 1 fully saturated rings. The van der Waals surface area contributed by atoms with Crippen molar-refractivity contribution in [1.82, 2.24) is 20.6 Å². The number of nitrogens with two attached hydrogens (primary N) is 1. The van der Waals surface area contributed by atoms with Crippen LogP contribution in [0, 0.1) is 0 Å². The van der Waals surface area contributed by atoms with Gasteiger partial charge in [-0.2, -0.15) is 0 Å². The number of rotatable bonds is 2. The Morgan fingerprint density at radius 2 is 2.53 bits per heavy atom. The molecule has 1 amide bonds. The van der Waals surface area contributed by atoms with E-state index < -0.39 is 0 Å². The maximum atomic E-state index is 11.7. The molecule has 1 atom stereocenters. The third kappa shape index (κ3) is 2.21. The average molecular weight is 207 g/mol. The third-order valence-electron chi connectivity index (χ3n) is 2.35. The van der Waals surface area contributed by atoms with Crippen LogP contribution in [0.3, 0.4) is 0 Å². The quantitative estimate of drug-likeness (QED) is 0.587. The van der Waals surface area contributed by atoms with Crippen molar-refractivity contribution in [3.05, 3.63) is 18.2 Å². The van der Waals surface area contributed by atoms with Crippen molar-refractivity contribution in [3.8, 4) is 0 Å². The topological polar surface area (TPSA) is 92.9 Å². The first kappa shape index (κ1) is 9.85. The lowest BCUT2D eigenvalue weighted by molar-refractivity contribution is 0.0936. The van der Waals surface area contributed by atoms with Gasteiger partial charge in [-0.05, 0) is 13.0 Å². The molecule has 1 aliphatic heterocycles. The molecule has 1 saturated heterocycles. The molecule has 1 unspecified atom stereocenters. The van der Waals surface area contributed by atoms with Gasteiger partial charge >= 0.3 is 0 Å². The Morgan fingerprint density at radius 1 is 1.67 bits per heavy atom. The number of hydrogen-bond acceptors (Lipinski definition) is 5. The Hall–Kier alpha value is -1.69. The van der Waals surface area contributed by atoms with Gasteiger partial charge in [0, 0.05) is 12.6 Å². The van der Waals surface area contributed by atoms with E-state index >= 15 is 0 Å². The van der Waals surface area contributed by atoms with Crippen molar-refractivity contribution in [2.75, 3.05) is 18.8 Å². The van der Waals surface area contributed by atoms with Crippen molar-refractivity contribution in [1.29, 1.82) is 0 Å². The summed E-state index contributed by atoms with van der Waals surface area (Å²) < 4.78 is 0. The number of nitrogen functional groups attached to an aromatic ring is 1. The van der Waals surface area contributed by atoms with Gasteiger partial charge in [-0.15, -0.1) is 0 Å². The smallest absolute Gasteiger partial charge is 0.272 e. The summed E-state index contributed by atoms with van der Waals surface area (Å²) in [6.07, 6.45) is 3.68. The first-order chi connectivity index (χ1) is 7.27. The van der Waals surface area contributed by atoms with Crippen LogP contribution >= 0.6 is 0 Å².